The molecular formula is C17H15FN2O. The summed E-state index contributed by atoms with van der Waals surface area (Å²) in [5.41, 5.74) is 9.23. The highest BCUT2D eigenvalue weighted by molar-refractivity contribution is 5.40. The van der Waals surface area contributed by atoms with Crippen LogP contribution in [0.4, 0.5) is 4.39 Å². The molecule has 3 nitrogen and oxygen atoms in total. The van der Waals surface area contributed by atoms with Crippen LogP contribution in [0.1, 0.15) is 34.7 Å². The molecule has 0 aliphatic heterocycles. The predicted molar refractivity (Wildman–Crippen MR) is 77.1 cm³/mol. The lowest BCUT2D eigenvalue weighted by molar-refractivity contribution is 0.305. The quantitative estimate of drug-likeness (QED) is 0.940. The molecule has 21 heavy (non-hydrogen) atoms. The molecule has 1 atom stereocenters. The van der Waals surface area contributed by atoms with Crippen LogP contribution in [0.5, 0.6) is 5.75 Å². The molecule has 0 amide bonds. The summed E-state index contributed by atoms with van der Waals surface area (Å²) in [7, 11) is 0. The van der Waals surface area contributed by atoms with Crippen LogP contribution in [0, 0.1) is 17.1 Å². The van der Waals surface area contributed by atoms with Gasteiger partial charge in [0.1, 0.15) is 24.2 Å². The van der Waals surface area contributed by atoms with E-state index in [1.165, 1.54) is 23.3 Å². The number of rotatable bonds is 3. The van der Waals surface area contributed by atoms with E-state index in [4.69, 9.17) is 15.7 Å². The Kier molecular flexibility index (Phi) is 3.59. The van der Waals surface area contributed by atoms with Gasteiger partial charge in [0.15, 0.2) is 0 Å². The summed E-state index contributed by atoms with van der Waals surface area (Å²) in [5.74, 6) is 0.262. The van der Waals surface area contributed by atoms with Crippen LogP contribution < -0.4 is 10.5 Å². The van der Waals surface area contributed by atoms with Crippen molar-refractivity contribution < 1.29 is 9.13 Å². The Bertz CT molecular complexity index is 721. The number of nitriles is 1. The molecule has 3 rings (SSSR count). The maximum Gasteiger partial charge on any atom is 0.140 e. The third-order valence-electron chi connectivity index (χ3n) is 3.80. The fourth-order valence-corrected chi connectivity index (χ4v) is 2.63. The van der Waals surface area contributed by atoms with Crippen molar-refractivity contribution in [1.29, 1.82) is 5.26 Å². The summed E-state index contributed by atoms with van der Waals surface area (Å²) < 4.78 is 19.0. The number of hydrogen-bond donors (Lipinski definition) is 1. The summed E-state index contributed by atoms with van der Waals surface area (Å²) in [6.07, 6.45) is 1.95. The van der Waals surface area contributed by atoms with Gasteiger partial charge in [0.2, 0.25) is 0 Å². The molecule has 2 aromatic carbocycles. The highest BCUT2D eigenvalue weighted by atomic mass is 19.1. The van der Waals surface area contributed by atoms with Gasteiger partial charge in [-0.05, 0) is 53.8 Å². The van der Waals surface area contributed by atoms with Crippen molar-refractivity contribution in [3.63, 3.8) is 0 Å². The summed E-state index contributed by atoms with van der Waals surface area (Å²) in [5, 5.41) is 8.82. The molecule has 106 valence electrons. The number of halogens is 1. The Balaban J connectivity index is 1.72. The van der Waals surface area contributed by atoms with Crippen molar-refractivity contribution in [1.82, 2.24) is 0 Å². The smallest absolute Gasteiger partial charge is 0.140 e. The SMILES string of the molecule is N#Cc1cc(COc2ccc3c(c2)CC[C@H]3N)ccc1F. The largest absolute Gasteiger partial charge is 0.489 e. The highest BCUT2D eigenvalue weighted by Gasteiger charge is 2.19. The summed E-state index contributed by atoms with van der Waals surface area (Å²) in [4.78, 5) is 0. The van der Waals surface area contributed by atoms with Crippen LogP contribution in [-0.2, 0) is 13.0 Å². The molecule has 0 saturated heterocycles. The molecule has 0 saturated carbocycles. The molecule has 0 radical (unpaired) electrons. The molecule has 4 heteroatoms. The lowest BCUT2D eigenvalue weighted by Crippen LogP contribution is -2.05. The average molecular weight is 282 g/mol. The molecule has 0 fully saturated rings. The second-order valence-electron chi connectivity index (χ2n) is 5.22. The van der Waals surface area contributed by atoms with Crippen molar-refractivity contribution >= 4 is 0 Å². The van der Waals surface area contributed by atoms with Crippen molar-refractivity contribution in [2.24, 2.45) is 5.73 Å². The lowest BCUT2D eigenvalue weighted by atomic mass is 10.1. The Hall–Kier alpha value is -2.38. The van der Waals surface area contributed by atoms with Crippen molar-refractivity contribution in [3.05, 3.63) is 64.5 Å². The minimum absolute atomic E-state index is 0.0380. The van der Waals surface area contributed by atoms with E-state index in [1.807, 2.05) is 24.3 Å². The van der Waals surface area contributed by atoms with E-state index in [2.05, 4.69) is 0 Å². The second kappa shape index (κ2) is 5.55. The first kappa shape index (κ1) is 13.6. The van der Waals surface area contributed by atoms with Gasteiger partial charge in [-0.15, -0.1) is 0 Å². The number of nitrogens with zero attached hydrogens (tertiary/aromatic N) is 1. The Morgan fingerprint density at radius 1 is 1.29 bits per heavy atom. The molecule has 1 aliphatic rings. The van der Waals surface area contributed by atoms with Crippen molar-refractivity contribution in [3.8, 4) is 11.8 Å². The van der Waals surface area contributed by atoms with Crippen molar-refractivity contribution in [2.75, 3.05) is 0 Å². The van der Waals surface area contributed by atoms with Gasteiger partial charge in [-0.1, -0.05) is 12.1 Å². The van der Waals surface area contributed by atoms with Crippen molar-refractivity contribution in [2.45, 2.75) is 25.5 Å². The molecule has 0 heterocycles. The molecule has 0 spiro atoms. The van der Waals surface area contributed by atoms with Gasteiger partial charge in [0.05, 0.1) is 5.56 Å². The number of nitrogens with two attached hydrogens (primary N) is 1. The van der Waals surface area contributed by atoms with Crippen LogP contribution in [0.3, 0.4) is 0 Å². The first-order valence-electron chi connectivity index (χ1n) is 6.87. The van der Waals surface area contributed by atoms with Gasteiger partial charge in [-0.2, -0.15) is 5.26 Å². The average Bonchev–Trinajstić information content (AvgIpc) is 2.87. The van der Waals surface area contributed by atoms with Gasteiger partial charge in [-0.3, -0.25) is 0 Å². The van der Waals surface area contributed by atoms with Crippen LogP contribution in [0.15, 0.2) is 36.4 Å². The van der Waals surface area contributed by atoms with E-state index < -0.39 is 5.82 Å². The summed E-state index contributed by atoms with van der Waals surface area (Å²) in [6, 6.07) is 12.3. The van der Waals surface area contributed by atoms with E-state index >= 15 is 0 Å². The molecule has 0 bridgehead atoms. The number of ether oxygens (including phenoxy) is 1. The fraction of sp³-hybridized carbons (Fsp3) is 0.235. The zero-order valence-electron chi connectivity index (χ0n) is 11.5. The minimum Gasteiger partial charge on any atom is -0.489 e. The normalized spacial score (nSPS) is 16.3. The number of hydrogen-bond acceptors (Lipinski definition) is 3. The number of fused-ring (bicyclic) bond motifs is 1. The van der Waals surface area contributed by atoms with Gasteiger partial charge >= 0.3 is 0 Å². The second-order valence-corrected chi connectivity index (χ2v) is 5.22. The monoisotopic (exact) mass is 282 g/mol. The topological polar surface area (TPSA) is 59.0 Å². The zero-order chi connectivity index (χ0) is 14.8. The first-order chi connectivity index (χ1) is 10.2. The Labute approximate surface area is 122 Å². The lowest BCUT2D eigenvalue weighted by Gasteiger charge is -2.10. The van der Waals surface area contributed by atoms with Gasteiger partial charge in [0.25, 0.3) is 0 Å². The van der Waals surface area contributed by atoms with Crippen LogP contribution >= 0.6 is 0 Å². The number of aryl methyl sites for hydroxylation is 1. The predicted octanol–water partition coefficient (Wildman–Crippen LogP) is 3.22. The van der Waals surface area contributed by atoms with E-state index in [0.717, 1.165) is 24.2 Å². The standard InChI is InChI=1S/C17H15FN2O/c18-16-5-1-11(7-13(16)9-19)10-21-14-3-4-15-12(8-14)2-6-17(15)20/h1,3-5,7-8,17H,2,6,10,20H2/t17-/m1/s1. The maximum absolute atomic E-state index is 13.2. The molecule has 2 aromatic rings. The third kappa shape index (κ3) is 2.74. The van der Waals surface area contributed by atoms with Crippen LogP contribution in [0.25, 0.3) is 0 Å². The van der Waals surface area contributed by atoms with Gasteiger partial charge in [0, 0.05) is 6.04 Å². The maximum atomic E-state index is 13.2. The number of benzene rings is 2. The fourth-order valence-electron chi connectivity index (χ4n) is 2.63. The van der Waals surface area contributed by atoms with Gasteiger partial charge in [-0.25, -0.2) is 4.39 Å². The van der Waals surface area contributed by atoms with E-state index in [-0.39, 0.29) is 11.6 Å². The minimum atomic E-state index is -0.507. The van der Waals surface area contributed by atoms with Crippen LogP contribution in [0.2, 0.25) is 0 Å². The molecule has 0 unspecified atom stereocenters. The van der Waals surface area contributed by atoms with E-state index in [0.29, 0.717) is 6.61 Å². The summed E-state index contributed by atoms with van der Waals surface area (Å²) >= 11 is 0. The summed E-state index contributed by atoms with van der Waals surface area (Å²) in [6.45, 7) is 0.305. The van der Waals surface area contributed by atoms with E-state index in [1.54, 1.807) is 6.07 Å². The zero-order valence-corrected chi connectivity index (χ0v) is 11.5. The third-order valence-corrected chi connectivity index (χ3v) is 3.80. The molecular weight excluding hydrogens is 267 g/mol. The molecule has 2 N–H and O–H groups in total. The highest BCUT2D eigenvalue weighted by Crippen LogP contribution is 2.32. The van der Waals surface area contributed by atoms with Crippen LogP contribution in [-0.4, -0.2) is 0 Å². The van der Waals surface area contributed by atoms with E-state index in [9.17, 15) is 4.39 Å². The Morgan fingerprint density at radius 2 is 2.14 bits per heavy atom. The Morgan fingerprint density at radius 3 is 2.95 bits per heavy atom. The molecule has 1 aliphatic carbocycles. The molecule has 0 aromatic heterocycles. The van der Waals surface area contributed by atoms with Gasteiger partial charge < -0.3 is 10.5 Å². The first-order valence-corrected chi connectivity index (χ1v) is 6.87.